The van der Waals surface area contributed by atoms with Gasteiger partial charge in [0.05, 0.1) is 29.2 Å². The molecule has 0 unspecified atom stereocenters. The number of carbonyl (C=O) groups is 1. The minimum Gasteiger partial charge on any atom is -0.343 e. The highest BCUT2D eigenvalue weighted by atomic mass is 16.2. The topological polar surface area (TPSA) is 116 Å². The number of nitrogens with zero attached hydrogens (tertiary/aromatic N) is 7. The quantitative estimate of drug-likeness (QED) is 0.524. The molecule has 9 heteroatoms. The first-order chi connectivity index (χ1) is 15.5. The molecular weight excluding hydrogens is 404 g/mol. The normalized spacial score (nSPS) is 20.0. The molecule has 1 saturated carbocycles. The number of hydrogen-bond donors (Lipinski definition) is 1. The largest absolute Gasteiger partial charge is 0.343 e. The molecule has 0 aromatic carbocycles. The van der Waals surface area contributed by atoms with Crippen LogP contribution in [-0.4, -0.2) is 53.8 Å². The maximum absolute atomic E-state index is 11.7. The molecule has 5 rings (SSSR count). The van der Waals surface area contributed by atoms with Gasteiger partial charge >= 0.3 is 0 Å². The molecule has 1 N–H and O–H groups in total. The summed E-state index contributed by atoms with van der Waals surface area (Å²) in [7, 11) is 1.81. The van der Waals surface area contributed by atoms with E-state index in [0.717, 1.165) is 22.3 Å². The third-order valence-corrected chi connectivity index (χ3v) is 6.36. The Hall–Kier alpha value is -4.06. The van der Waals surface area contributed by atoms with Crippen LogP contribution in [0.4, 0.5) is 0 Å². The molecule has 32 heavy (non-hydrogen) atoms. The SMILES string of the molecule is CC(=O)N(C)[C@H]1C[C@@](CC#N)(n2ccc(-c3nc(-c4cc[nH]n4)cc4ncccc34)n2)C1. The number of aromatic nitrogens is 6. The number of H-pyrrole nitrogens is 1. The second-order valence-corrected chi connectivity index (χ2v) is 8.28. The summed E-state index contributed by atoms with van der Waals surface area (Å²) >= 11 is 0. The van der Waals surface area contributed by atoms with Crippen LogP contribution in [0.5, 0.6) is 0 Å². The Morgan fingerprint density at radius 3 is 2.88 bits per heavy atom. The number of nitrogens with one attached hydrogen (secondary N) is 1. The summed E-state index contributed by atoms with van der Waals surface area (Å²) in [6.07, 6.45) is 7.13. The van der Waals surface area contributed by atoms with Crippen LogP contribution in [0, 0.1) is 11.3 Å². The van der Waals surface area contributed by atoms with Crippen molar-refractivity contribution in [3.8, 4) is 28.8 Å². The first-order valence-electron chi connectivity index (χ1n) is 10.4. The lowest BCUT2D eigenvalue weighted by atomic mass is 9.70. The van der Waals surface area contributed by atoms with Gasteiger partial charge in [0.1, 0.15) is 17.1 Å². The second-order valence-electron chi connectivity index (χ2n) is 8.28. The number of carbonyl (C=O) groups excluding carboxylic acids is 1. The Balaban J connectivity index is 1.55. The van der Waals surface area contributed by atoms with Crippen LogP contribution in [0.15, 0.2) is 48.9 Å². The highest BCUT2D eigenvalue weighted by Gasteiger charge is 2.48. The minimum atomic E-state index is -0.421. The fourth-order valence-corrected chi connectivity index (χ4v) is 4.43. The molecule has 0 bridgehead atoms. The van der Waals surface area contributed by atoms with Crippen LogP contribution >= 0.6 is 0 Å². The van der Waals surface area contributed by atoms with Gasteiger partial charge in [-0.15, -0.1) is 0 Å². The molecule has 160 valence electrons. The number of nitriles is 1. The zero-order valence-corrected chi connectivity index (χ0v) is 17.9. The summed E-state index contributed by atoms with van der Waals surface area (Å²) < 4.78 is 1.88. The van der Waals surface area contributed by atoms with Gasteiger partial charge in [-0.05, 0) is 43.2 Å². The molecule has 0 atom stereocenters. The summed E-state index contributed by atoms with van der Waals surface area (Å²) in [4.78, 5) is 22.8. The Kier molecular flexibility index (Phi) is 4.70. The summed E-state index contributed by atoms with van der Waals surface area (Å²) in [5.41, 5.74) is 3.25. The van der Waals surface area contributed by atoms with Gasteiger partial charge in [-0.2, -0.15) is 15.5 Å². The van der Waals surface area contributed by atoms with Crippen molar-refractivity contribution in [2.24, 2.45) is 0 Å². The smallest absolute Gasteiger partial charge is 0.219 e. The average molecular weight is 426 g/mol. The number of pyridine rings is 2. The van der Waals surface area contributed by atoms with Gasteiger partial charge in [0, 0.05) is 44.0 Å². The maximum Gasteiger partial charge on any atom is 0.219 e. The van der Waals surface area contributed by atoms with Crippen LogP contribution in [0.3, 0.4) is 0 Å². The lowest BCUT2D eigenvalue weighted by Gasteiger charge is -2.49. The van der Waals surface area contributed by atoms with E-state index in [1.165, 1.54) is 0 Å². The number of amides is 1. The molecular formula is C23H22N8O. The van der Waals surface area contributed by atoms with Crippen molar-refractivity contribution in [3.05, 3.63) is 48.9 Å². The van der Waals surface area contributed by atoms with Crippen molar-refractivity contribution in [1.29, 1.82) is 5.26 Å². The van der Waals surface area contributed by atoms with Crippen LogP contribution in [-0.2, 0) is 10.3 Å². The zero-order valence-electron chi connectivity index (χ0n) is 17.9. The van der Waals surface area contributed by atoms with Crippen molar-refractivity contribution in [2.75, 3.05) is 7.05 Å². The van der Waals surface area contributed by atoms with Gasteiger partial charge in [-0.3, -0.25) is 19.6 Å². The minimum absolute atomic E-state index is 0.0278. The Morgan fingerprint density at radius 2 is 2.16 bits per heavy atom. The maximum atomic E-state index is 11.7. The molecule has 4 heterocycles. The number of fused-ring (bicyclic) bond motifs is 1. The van der Waals surface area contributed by atoms with Crippen molar-refractivity contribution in [3.63, 3.8) is 0 Å². The molecule has 4 aromatic heterocycles. The van der Waals surface area contributed by atoms with E-state index in [0.29, 0.717) is 30.7 Å². The predicted molar refractivity (Wildman–Crippen MR) is 118 cm³/mol. The monoisotopic (exact) mass is 426 g/mol. The van der Waals surface area contributed by atoms with Gasteiger partial charge in [-0.25, -0.2) is 4.98 Å². The van der Waals surface area contributed by atoms with Gasteiger partial charge in [0.25, 0.3) is 0 Å². The highest BCUT2D eigenvalue weighted by Crippen LogP contribution is 2.44. The summed E-state index contributed by atoms with van der Waals surface area (Å²) in [6, 6.07) is 12.0. The molecule has 0 aliphatic heterocycles. The number of aromatic amines is 1. The lowest BCUT2D eigenvalue weighted by Crippen LogP contribution is -2.56. The Labute approximate surface area is 184 Å². The van der Waals surface area contributed by atoms with Crippen LogP contribution in [0.25, 0.3) is 33.7 Å². The van der Waals surface area contributed by atoms with E-state index in [9.17, 15) is 10.1 Å². The molecule has 4 aromatic rings. The van der Waals surface area contributed by atoms with Crippen molar-refractivity contribution in [2.45, 2.75) is 37.8 Å². The number of rotatable bonds is 5. The van der Waals surface area contributed by atoms with Crippen LogP contribution < -0.4 is 0 Å². The van der Waals surface area contributed by atoms with Crippen LogP contribution in [0.1, 0.15) is 26.2 Å². The summed E-state index contributed by atoms with van der Waals surface area (Å²) in [5, 5.41) is 22.3. The molecule has 0 saturated heterocycles. The van der Waals surface area contributed by atoms with E-state index >= 15 is 0 Å². The van der Waals surface area contributed by atoms with E-state index < -0.39 is 5.54 Å². The van der Waals surface area contributed by atoms with E-state index in [1.807, 2.05) is 41.2 Å². The fraction of sp³-hybridized carbons (Fsp3) is 0.304. The van der Waals surface area contributed by atoms with Crippen molar-refractivity contribution >= 4 is 16.8 Å². The average Bonchev–Trinajstić information content (AvgIpc) is 3.47. The Morgan fingerprint density at radius 1 is 1.31 bits per heavy atom. The van der Waals surface area contributed by atoms with E-state index in [1.54, 1.807) is 31.3 Å². The molecule has 1 aliphatic carbocycles. The highest BCUT2D eigenvalue weighted by molar-refractivity contribution is 5.93. The first-order valence-corrected chi connectivity index (χ1v) is 10.4. The molecule has 1 fully saturated rings. The molecule has 9 nitrogen and oxygen atoms in total. The lowest BCUT2D eigenvalue weighted by molar-refractivity contribution is -0.134. The zero-order chi connectivity index (χ0) is 22.3. The van der Waals surface area contributed by atoms with Gasteiger partial charge in [0.15, 0.2) is 0 Å². The van der Waals surface area contributed by atoms with Crippen LogP contribution in [0.2, 0.25) is 0 Å². The Bertz CT molecular complexity index is 1330. The second kappa shape index (κ2) is 7.57. The summed E-state index contributed by atoms with van der Waals surface area (Å²) in [5.74, 6) is 0.0278. The molecule has 0 radical (unpaired) electrons. The van der Waals surface area contributed by atoms with Crippen molar-refractivity contribution in [1.82, 2.24) is 34.8 Å². The molecule has 0 spiro atoms. The van der Waals surface area contributed by atoms with Crippen molar-refractivity contribution < 1.29 is 4.79 Å². The van der Waals surface area contributed by atoms with Gasteiger partial charge in [0.2, 0.25) is 5.91 Å². The standard InChI is InChI=1S/C23H22N8O/c1-15(32)30(2)16-13-23(14-16,7-8-24)31-11-6-19(29-31)22-17-4-3-9-25-20(17)12-21(27-22)18-5-10-26-28-18/h3-6,9-12,16H,7,13-14H2,1-2H3,(H,26,28)/t16-,23+. The first kappa shape index (κ1) is 19.9. The van der Waals surface area contributed by atoms with E-state index in [4.69, 9.17) is 10.1 Å². The summed E-state index contributed by atoms with van der Waals surface area (Å²) in [6.45, 7) is 1.56. The van der Waals surface area contributed by atoms with Gasteiger partial charge in [-0.1, -0.05) is 0 Å². The van der Waals surface area contributed by atoms with Gasteiger partial charge < -0.3 is 4.90 Å². The number of hydrogen-bond acceptors (Lipinski definition) is 6. The third kappa shape index (κ3) is 3.21. The molecule has 1 amide bonds. The predicted octanol–water partition coefficient (Wildman–Crippen LogP) is 3.13. The fourth-order valence-electron chi connectivity index (χ4n) is 4.43. The van der Waals surface area contributed by atoms with E-state index in [2.05, 4.69) is 21.3 Å². The molecule has 1 aliphatic rings. The third-order valence-electron chi connectivity index (χ3n) is 6.36. The van der Waals surface area contributed by atoms with E-state index in [-0.39, 0.29) is 11.9 Å².